The molecular formula is C8H8Cl2N2O2. The largest absolute Gasteiger partial charge is 0.234 e. The zero-order valence-electron chi connectivity index (χ0n) is 7.19. The standard InChI is InChI=1S/C8H8Cl2N2O2/c9-8-3-1-7(2-4-8)5-6-11(10)12(13)14/h1-4H,5-6H2. The molecule has 6 heteroatoms. The third-order valence-electron chi connectivity index (χ3n) is 1.68. The Bertz CT molecular complexity index is 316. The summed E-state index contributed by atoms with van der Waals surface area (Å²) in [5, 5.41) is 10.1. The van der Waals surface area contributed by atoms with Gasteiger partial charge in [-0.3, -0.25) is 0 Å². The van der Waals surface area contributed by atoms with Crippen LogP contribution >= 0.6 is 23.4 Å². The number of hydrogen-bond acceptors (Lipinski definition) is 2. The van der Waals surface area contributed by atoms with Crippen LogP contribution in [0.4, 0.5) is 0 Å². The van der Waals surface area contributed by atoms with Crippen molar-refractivity contribution in [2.45, 2.75) is 6.42 Å². The minimum Gasteiger partial charge on any atom is -0.234 e. The first-order valence-corrected chi connectivity index (χ1v) is 4.63. The molecule has 4 nitrogen and oxygen atoms in total. The molecule has 0 heterocycles. The fraction of sp³-hybridized carbons (Fsp3) is 0.250. The normalized spacial score (nSPS) is 9.86. The maximum atomic E-state index is 10.2. The lowest BCUT2D eigenvalue weighted by atomic mass is 10.2. The summed E-state index contributed by atoms with van der Waals surface area (Å²) >= 11 is 11.0. The van der Waals surface area contributed by atoms with E-state index < -0.39 is 5.03 Å². The van der Waals surface area contributed by atoms with Crippen LogP contribution < -0.4 is 0 Å². The number of nitro groups is 1. The van der Waals surface area contributed by atoms with E-state index in [1.54, 1.807) is 12.1 Å². The molecule has 0 fully saturated rings. The Labute approximate surface area is 91.3 Å². The van der Waals surface area contributed by atoms with E-state index >= 15 is 0 Å². The topological polar surface area (TPSA) is 46.4 Å². The lowest BCUT2D eigenvalue weighted by Gasteiger charge is -2.04. The van der Waals surface area contributed by atoms with Crippen molar-refractivity contribution in [1.82, 2.24) is 4.53 Å². The van der Waals surface area contributed by atoms with Crippen LogP contribution in [0.5, 0.6) is 0 Å². The molecule has 0 radical (unpaired) electrons. The van der Waals surface area contributed by atoms with E-state index in [1.807, 2.05) is 12.1 Å². The van der Waals surface area contributed by atoms with Gasteiger partial charge in [-0.2, -0.15) is 0 Å². The molecule has 0 aliphatic rings. The van der Waals surface area contributed by atoms with Crippen molar-refractivity contribution >= 4 is 23.4 Å². The molecule has 0 saturated heterocycles. The zero-order valence-corrected chi connectivity index (χ0v) is 8.70. The third-order valence-corrected chi connectivity index (χ3v) is 2.22. The molecule has 0 amide bonds. The maximum absolute atomic E-state index is 10.2. The molecule has 76 valence electrons. The van der Waals surface area contributed by atoms with Gasteiger partial charge in [0.1, 0.15) is 6.54 Å². The maximum Gasteiger partial charge on any atom is 0.176 e. The van der Waals surface area contributed by atoms with Gasteiger partial charge in [-0.15, -0.1) is 0 Å². The second-order valence-corrected chi connectivity index (χ2v) is 3.50. The average molecular weight is 235 g/mol. The second-order valence-electron chi connectivity index (χ2n) is 2.67. The molecule has 0 bridgehead atoms. The van der Waals surface area contributed by atoms with Crippen molar-refractivity contribution in [3.63, 3.8) is 0 Å². The van der Waals surface area contributed by atoms with Crippen molar-refractivity contribution < 1.29 is 5.03 Å². The van der Waals surface area contributed by atoms with Crippen molar-refractivity contribution in [1.29, 1.82) is 0 Å². The number of hydrogen-bond donors (Lipinski definition) is 0. The van der Waals surface area contributed by atoms with Crippen molar-refractivity contribution in [3.05, 3.63) is 45.0 Å². The Hall–Kier alpha value is -1.00. The summed E-state index contributed by atoms with van der Waals surface area (Å²) in [7, 11) is 0. The molecule has 1 aromatic carbocycles. The molecule has 0 N–H and O–H groups in total. The van der Waals surface area contributed by atoms with E-state index in [4.69, 9.17) is 23.4 Å². The van der Waals surface area contributed by atoms with E-state index in [2.05, 4.69) is 0 Å². The Balaban J connectivity index is 2.46. The number of rotatable bonds is 4. The summed E-state index contributed by atoms with van der Waals surface area (Å²) in [4.78, 5) is 10.2. The van der Waals surface area contributed by atoms with Crippen LogP contribution in [0, 0.1) is 10.1 Å². The number of halogens is 2. The first-order chi connectivity index (χ1) is 6.59. The molecule has 0 spiro atoms. The predicted molar refractivity (Wildman–Crippen MR) is 54.7 cm³/mol. The van der Waals surface area contributed by atoms with Crippen LogP contribution in [0.2, 0.25) is 5.02 Å². The van der Waals surface area contributed by atoms with Gasteiger partial charge in [0.15, 0.2) is 5.03 Å². The molecule has 0 aliphatic carbocycles. The minimum atomic E-state index is -0.655. The SMILES string of the molecule is O=[N+]([O-])N(Cl)CCc1ccc(Cl)cc1. The zero-order chi connectivity index (χ0) is 10.6. The van der Waals surface area contributed by atoms with Crippen molar-refractivity contribution in [2.75, 3.05) is 6.54 Å². The van der Waals surface area contributed by atoms with E-state index in [9.17, 15) is 10.1 Å². The number of nitrogens with zero attached hydrogens (tertiary/aromatic N) is 2. The van der Waals surface area contributed by atoms with Crippen LogP contribution in [0.3, 0.4) is 0 Å². The summed E-state index contributed by atoms with van der Waals surface area (Å²) in [6.45, 7) is 0.163. The van der Waals surface area contributed by atoms with Crippen LogP contribution in [0.25, 0.3) is 0 Å². The predicted octanol–water partition coefficient (Wildman–Crippen LogP) is 2.53. The van der Waals surface area contributed by atoms with Crippen LogP contribution in [-0.4, -0.2) is 16.1 Å². The van der Waals surface area contributed by atoms with Crippen LogP contribution in [-0.2, 0) is 6.42 Å². The van der Waals surface area contributed by atoms with E-state index in [-0.39, 0.29) is 6.54 Å². The molecule has 0 saturated carbocycles. The molecule has 14 heavy (non-hydrogen) atoms. The fourth-order valence-corrected chi connectivity index (χ4v) is 1.16. The van der Waals surface area contributed by atoms with Crippen LogP contribution in [0.15, 0.2) is 24.3 Å². The van der Waals surface area contributed by atoms with E-state index in [1.165, 1.54) is 0 Å². The molecular weight excluding hydrogens is 227 g/mol. The summed E-state index contributed by atoms with van der Waals surface area (Å²) in [5.74, 6) is 0. The molecule has 0 aromatic heterocycles. The molecule has 1 aromatic rings. The highest BCUT2D eigenvalue weighted by Crippen LogP contribution is 2.10. The Morgan fingerprint density at radius 3 is 2.43 bits per heavy atom. The monoisotopic (exact) mass is 234 g/mol. The van der Waals surface area contributed by atoms with Gasteiger partial charge in [0.25, 0.3) is 0 Å². The Morgan fingerprint density at radius 1 is 1.36 bits per heavy atom. The average Bonchev–Trinajstić information content (AvgIpc) is 2.16. The lowest BCUT2D eigenvalue weighted by Crippen LogP contribution is -2.22. The third kappa shape index (κ3) is 3.40. The highest BCUT2D eigenvalue weighted by molar-refractivity contribution is 6.30. The molecule has 0 unspecified atom stereocenters. The van der Waals surface area contributed by atoms with E-state index in [0.29, 0.717) is 16.0 Å². The summed E-state index contributed by atoms with van der Waals surface area (Å²) in [6.07, 6.45) is 0.516. The first-order valence-electron chi connectivity index (χ1n) is 3.91. The van der Waals surface area contributed by atoms with Gasteiger partial charge >= 0.3 is 0 Å². The summed E-state index contributed by atoms with van der Waals surface area (Å²) in [6, 6.07) is 7.10. The van der Waals surface area contributed by atoms with E-state index in [0.717, 1.165) is 5.56 Å². The van der Waals surface area contributed by atoms with Gasteiger partial charge in [0, 0.05) is 5.02 Å². The lowest BCUT2D eigenvalue weighted by molar-refractivity contribution is -0.621. The first kappa shape index (κ1) is 11.1. The summed E-state index contributed by atoms with van der Waals surface area (Å²) < 4.78 is 0.536. The number of benzene rings is 1. The smallest absolute Gasteiger partial charge is 0.176 e. The van der Waals surface area contributed by atoms with Gasteiger partial charge in [-0.25, -0.2) is 10.1 Å². The fourth-order valence-electron chi connectivity index (χ4n) is 0.954. The minimum absolute atomic E-state index is 0.163. The summed E-state index contributed by atoms with van der Waals surface area (Å²) in [5.41, 5.74) is 0.960. The van der Waals surface area contributed by atoms with Gasteiger partial charge in [-0.05, 0) is 28.6 Å². The van der Waals surface area contributed by atoms with Gasteiger partial charge in [0.2, 0.25) is 0 Å². The Morgan fingerprint density at radius 2 is 1.93 bits per heavy atom. The molecule has 0 atom stereocenters. The molecule has 1 rings (SSSR count). The van der Waals surface area contributed by atoms with Gasteiger partial charge in [0.05, 0.1) is 11.8 Å². The van der Waals surface area contributed by atoms with Crippen molar-refractivity contribution in [2.24, 2.45) is 0 Å². The second kappa shape index (κ2) is 5.02. The Kier molecular flexibility index (Phi) is 3.98. The van der Waals surface area contributed by atoms with Gasteiger partial charge < -0.3 is 0 Å². The number of hydrazine groups is 1. The van der Waals surface area contributed by atoms with Crippen LogP contribution in [0.1, 0.15) is 5.56 Å². The quantitative estimate of drug-likeness (QED) is 0.457. The molecule has 0 aliphatic heterocycles. The van der Waals surface area contributed by atoms with Crippen molar-refractivity contribution in [3.8, 4) is 0 Å². The van der Waals surface area contributed by atoms with Gasteiger partial charge in [-0.1, -0.05) is 23.7 Å². The highest BCUT2D eigenvalue weighted by Gasteiger charge is 2.09. The highest BCUT2D eigenvalue weighted by atomic mass is 35.5.